The second kappa shape index (κ2) is 5.44. The zero-order valence-electron chi connectivity index (χ0n) is 10.5. The Hall–Kier alpha value is -0.820. The Labute approximate surface area is 112 Å². The summed E-state index contributed by atoms with van der Waals surface area (Å²) in [7, 11) is -2.32. The van der Waals surface area contributed by atoms with Gasteiger partial charge in [-0.25, -0.2) is 13.1 Å². The summed E-state index contributed by atoms with van der Waals surface area (Å²) in [6, 6.07) is 4.34. The van der Waals surface area contributed by atoms with E-state index in [0.29, 0.717) is 5.02 Å². The first-order chi connectivity index (χ1) is 8.22. The molecule has 3 N–H and O–H groups in total. The minimum absolute atomic E-state index is 0.0379. The third kappa shape index (κ3) is 3.58. The number of ether oxygens (including phenoxy) is 1. The summed E-state index contributed by atoms with van der Waals surface area (Å²) in [6.07, 6.45) is 0. The van der Waals surface area contributed by atoms with Crippen molar-refractivity contribution in [1.82, 2.24) is 4.72 Å². The van der Waals surface area contributed by atoms with Crippen molar-refractivity contribution in [2.45, 2.75) is 24.3 Å². The Morgan fingerprint density at radius 1 is 1.44 bits per heavy atom. The van der Waals surface area contributed by atoms with Crippen LogP contribution in [-0.4, -0.2) is 27.6 Å². The molecule has 0 aliphatic carbocycles. The Balaban J connectivity index is 3.21. The third-order valence-corrected chi connectivity index (χ3v) is 4.31. The van der Waals surface area contributed by atoms with E-state index >= 15 is 0 Å². The van der Waals surface area contributed by atoms with Crippen molar-refractivity contribution in [3.05, 3.63) is 23.2 Å². The van der Waals surface area contributed by atoms with Crippen molar-refractivity contribution in [2.75, 3.05) is 13.7 Å². The number of nitrogens with two attached hydrogens (primary N) is 1. The summed E-state index contributed by atoms with van der Waals surface area (Å²) in [6.45, 7) is 3.59. The Morgan fingerprint density at radius 2 is 2.06 bits per heavy atom. The van der Waals surface area contributed by atoms with E-state index in [4.69, 9.17) is 22.1 Å². The first-order valence-electron chi connectivity index (χ1n) is 5.29. The van der Waals surface area contributed by atoms with E-state index in [1.165, 1.54) is 25.3 Å². The molecule has 0 atom stereocenters. The van der Waals surface area contributed by atoms with Crippen LogP contribution in [0.3, 0.4) is 0 Å². The van der Waals surface area contributed by atoms with Crippen molar-refractivity contribution in [2.24, 2.45) is 5.73 Å². The lowest BCUT2D eigenvalue weighted by Crippen LogP contribution is -2.48. The molecule has 1 rings (SSSR count). The van der Waals surface area contributed by atoms with E-state index in [1.807, 2.05) is 0 Å². The van der Waals surface area contributed by atoms with Gasteiger partial charge in [0.2, 0.25) is 10.0 Å². The van der Waals surface area contributed by atoms with Crippen LogP contribution in [0.4, 0.5) is 0 Å². The van der Waals surface area contributed by atoms with Gasteiger partial charge in [0.05, 0.1) is 7.11 Å². The van der Waals surface area contributed by atoms with E-state index in [0.717, 1.165) is 0 Å². The number of benzene rings is 1. The summed E-state index contributed by atoms with van der Waals surface area (Å²) < 4.78 is 32.0. The van der Waals surface area contributed by atoms with Crippen LogP contribution in [0.5, 0.6) is 5.75 Å². The topological polar surface area (TPSA) is 81.4 Å². The molecule has 0 amide bonds. The maximum absolute atomic E-state index is 12.2. The zero-order valence-corrected chi connectivity index (χ0v) is 12.1. The van der Waals surface area contributed by atoms with Crippen LogP contribution in [0.15, 0.2) is 23.1 Å². The standard InChI is InChI=1S/C11H17ClN2O3S/c1-11(2,7-13)14-18(15,16)10-5-4-8(12)6-9(10)17-3/h4-6,14H,7,13H2,1-3H3. The molecular formula is C11H17ClN2O3S. The third-order valence-electron chi connectivity index (χ3n) is 2.34. The summed E-state index contributed by atoms with van der Waals surface area (Å²) >= 11 is 5.79. The smallest absolute Gasteiger partial charge is 0.244 e. The Morgan fingerprint density at radius 3 is 2.56 bits per heavy atom. The molecule has 7 heteroatoms. The van der Waals surface area contributed by atoms with E-state index in [-0.39, 0.29) is 17.2 Å². The number of rotatable bonds is 5. The fourth-order valence-corrected chi connectivity index (χ4v) is 3.06. The second-order valence-corrected chi connectivity index (χ2v) is 6.58. The van der Waals surface area contributed by atoms with Crippen LogP contribution < -0.4 is 15.2 Å². The fourth-order valence-electron chi connectivity index (χ4n) is 1.32. The van der Waals surface area contributed by atoms with Crippen molar-refractivity contribution < 1.29 is 13.2 Å². The van der Waals surface area contributed by atoms with Gasteiger partial charge in [-0.3, -0.25) is 0 Å². The summed E-state index contributed by atoms with van der Waals surface area (Å²) in [5.41, 5.74) is 4.77. The first-order valence-corrected chi connectivity index (χ1v) is 7.15. The van der Waals surface area contributed by atoms with E-state index < -0.39 is 15.6 Å². The molecule has 0 aliphatic rings. The quantitative estimate of drug-likeness (QED) is 0.859. The lowest BCUT2D eigenvalue weighted by atomic mass is 10.1. The lowest BCUT2D eigenvalue weighted by Gasteiger charge is -2.24. The predicted molar refractivity (Wildman–Crippen MR) is 71.5 cm³/mol. The number of hydrogen-bond acceptors (Lipinski definition) is 4. The van der Waals surface area contributed by atoms with Gasteiger partial charge in [0.25, 0.3) is 0 Å². The molecule has 0 saturated heterocycles. The fraction of sp³-hybridized carbons (Fsp3) is 0.455. The monoisotopic (exact) mass is 292 g/mol. The van der Waals surface area contributed by atoms with Crippen LogP contribution in [0.1, 0.15) is 13.8 Å². The van der Waals surface area contributed by atoms with Crippen molar-refractivity contribution in [1.29, 1.82) is 0 Å². The molecule has 1 aromatic rings. The largest absolute Gasteiger partial charge is 0.495 e. The molecule has 0 unspecified atom stereocenters. The Bertz CT molecular complexity index is 529. The Kier molecular flexibility index (Phi) is 4.61. The molecule has 0 spiro atoms. The number of sulfonamides is 1. The van der Waals surface area contributed by atoms with Crippen molar-refractivity contribution >= 4 is 21.6 Å². The lowest BCUT2D eigenvalue weighted by molar-refractivity contribution is 0.400. The number of nitrogens with one attached hydrogen (secondary N) is 1. The average molecular weight is 293 g/mol. The number of methoxy groups -OCH3 is 1. The van der Waals surface area contributed by atoms with Gasteiger partial charge in [0, 0.05) is 23.2 Å². The maximum atomic E-state index is 12.2. The molecule has 1 aromatic carbocycles. The molecule has 0 bridgehead atoms. The number of hydrogen-bond donors (Lipinski definition) is 2. The predicted octanol–water partition coefficient (Wildman–Crippen LogP) is 1.36. The second-order valence-electron chi connectivity index (χ2n) is 4.49. The minimum atomic E-state index is -3.70. The van der Waals surface area contributed by atoms with Gasteiger partial charge in [-0.05, 0) is 26.0 Å². The van der Waals surface area contributed by atoms with Crippen LogP contribution in [-0.2, 0) is 10.0 Å². The van der Waals surface area contributed by atoms with Crippen LogP contribution in [0.25, 0.3) is 0 Å². The highest BCUT2D eigenvalue weighted by atomic mass is 35.5. The van der Waals surface area contributed by atoms with Crippen LogP contribution in [0, 0.1) is 0 Å². The van der Waals surface area contributed by atoms with Gasteiger partial charge in [-0.1, -0.05) is 11.6 Å². The van der Waals surface area contributed by atoms with Crippen molar-refractivity contribution in [3.8, 4) is 5.75 Å². The van der Waals surface area contributed by atoms with Gasteiger partial charge in [0.1, 0.15) is 10.6 Å². The first kappa shape index (κ1) is 15.2. The summed E-state index contributed by atoms with van der Waals surface area (Å²) in [5, 5.41) is 0.406. The molecule has 0 radical (unpaired) electrons. The summed E-state index contributed by atoms with van der Waals surface area (Å²) in [4.78, 5) is 0.0379. The van der Waals surface area contributed by atoms with Gasteiger partial charge in [-0.2, -0.15) is 0 Å². The van der Waals surface area contributed by atoms with Gasteiger partial charge < -0.3 is 10.5 Å². The highest BCUT2D eigenvalue weighted by Gasteiger charge is 2.27. The highest BCUT2D eigenvalue weighted by Crippen LogP contribution is 2.27. The van der Waals surface area contributed by atoms with Crippen molar-refractivity contribution in [3.63, 3.8) is 0 Å². The summed E-state index contributed by atoms with van der Waals surface area (Å²) in [5.74, 6) is 0.197. The molecule has 18 heavy (non-hydrogen) atoms. The van der Waals surface area contributed by atoms with Gasteiger partial charge in [-0.15, -0.1) is 0 Å². The highest BCUT2D eigenvalue weighted by molar-refractivity contribution is 7.89. The van der Waals surface area contributed by atoms with E-state index in [9.17, 15) is 8.42 Å². The van der Waals surface area contributed by atoms with E-state index in [2.05, 4.69) is 4.72 Å². The van der Waals surface area contributed by atoms with Crippen LogP contribution >= 0.6 is 11.6 Å². The molecule has 0 aliphatic heterocycles. The van der Waals surface area contributed by atoms with Crippen LogP contribution in [0.2, 0.25) is 5.02 Å². The molecule has 0 heterocycles. The average Bonchev–Trinajstić information content (AvgIpc) is 2.27. The molecular weight excluding hydrogens is 276 g/mol. The molecule has 0 saturated carbocycles. The molecule has 5 nitrogen and oxygen atoms in total. The molecule has 102 valence electrons. The number of halogens is 1. The maximum Gasteiger partial charge on any atom is 0.244 e. The SMILES string of the molecule is COc1cc(Cl)ccc1S(=O)(=O)NC(C)(C)CN. The normalized spacial score (nSPS) is 12.5. The minimum Gasteiger partial charge on any atom is -0.495 e. The molecule has 0 fully saturated rings. The van der Waals surface area contributed by atoms with Gasteiger partial charge >= 0.3 is 0 Å². The zero-order chi connectivity index (χ0) is 14.0. The molecule has 0 aromatic heterocycles. The van der Waals surface area contributed by atoms with Gasteiger partial charge in [0.15, 0.2) is 0 Å². The van der Waals surface area contributed by atoms with E-state index in [1.54, 1.807) is 13.8 Å².